The van der Waals surface area contributed by atoms with Crippen molar-refractivity contribution in [2.75, 3.05) is 123 Å². The van der Waals surface area contributed by atoms with Gasteiger partial charge in [0.05, 0.1) is 53.5 Å². The van der Waals surface area contributed by atoms with Gasteiger partial charge in [-0.05, 0) is 183 Å². The average molecular weight is 1860 g/mol. The molecule has 37 nitrogen and oxygen atoms in total. The van der Waals surface area contributed by atoms with E-state index in [-0.39, 0.29) is 90.6 Å². The van der Waals surface area contributed by atoms with Crippen molar-refractivity contribution < 1.29 is 89.1 Å². The number of ether oxygens (including phenoxy) is 1. The number of likely N-dealkylation sites (N-methyl/N-ethyl adjacent to an activating group) is 1. The van der Waals surface area contributed by atoms with Crippen LogP contribution in [0.1, 0.15) is 132 Å². The predicted octanol–water partition coefficient (Wildman–Crippen LogP) is 8.25. The molecule has 41 heteroatoms. The number of nitrogens with zero attached hydrogens (tertiary/aromatic N) is 11. The molecule has 0 unspecified atom stereocenters. The summed E-state index contributed by atoms with van der Waals surface area (Å²) in [6.45, 7) is 11.6. The van der Waals surface area contributed by atoms with Crippen LogP contribution in [0.5, 0.6) is 5.75 Å². The first-order valence-electron chi connectivity index (χ1n) is 43.5. The highest BCUT2D eigenvalue weighted by Gasteiger charge is 2.58. The average Bonchev–Trinajstić information content (AvgIpc) is 1.57. The summed E-state index contributed by atoms with van der Waals surface area (Å²) in [7, 11) is 5.53. The zero-order chi connectivity index (χ0) is 92.4. The zero-order valence-electron chi connectivity index (χ0n) is 72.6. The number of aromatic nitrogens is 3. The molecule has 12 aromatic rings. The van der Waals surface area contributed by atoms with Crippen LogP contribution < -0.4 is 57.1 Å². The molecule has 2 aromatic carbocycles. The topological polar surface area (TPSA) is 445 Å². The largest absolute Gasteiger partial charge is 0.494 e. The van der Waals surface area contributed by atoms with Crippen molar-refractivity contribution in [1.82, 2.24) is 86.9 Å². The highest BCUT2D eigenvalue weighted by Crippen LogP contribution is 2.43. The number of nitrogens with one attached hydrogen (secondary N) is 8. The maximum Gasteiger partial charge on any atom is 0.322 e. The number of amides is 16. The number of thiophene rings is 3. The molecule has 10 aliphatic heterocycles. The molecule has 4 atom stereocenters. The van der Waals surface area contributed by atoms with Gasteiger partial charge in [0.2, 0.25) is 0 Å². The van der Waals surface area contributed by atoms with Gasteiger partial charge in [-0.1, -0.05) is 13.0 Å². The lowest BCUT2D eigenvalue weighted by Gasteiger charge is -2.35. The summed E-state index contributed by atoms with van der Waals surface area (Å²) in [5, 5.41) is 26.3. The number of benzene rings is 2. The molecule has 10 aromatic heterocycles. The van der Waals surface area contributed by atoms with Crippen LogP contribution in [0, 0.1) is 12.7 Å². The van der Waals surface area contributed by atoms with Gasteiger partial charge in [-0.3, -0.25) is 69.4 Å². The number of Topliss-reactive ketones (excluding diaryl/α,β-unsaturated/α-hetero) is 1. The number of piperidine rings is 1. The van der Waals surface area contributed by atoms with Crippen LogP contribution in [0.2, 0.25) is 0 Å². The minimum atomic E-state index is -1.73. The third kappa shape index (κ3) is 15.2. The first-order chi connectivity index (χ1) is 64.1. The molecule has 16 amide bonds. The van der Waals surface area contributed by atoms with Crippen molar-refractivity contribution in [3.63, 3.8) is 0 Å². The molecule has 20 heterocycles. The number of hydrogen-bond acceptors (Lipinski definition) is 28. The van der Waals surface area contributed by atoms with Crippen LogP contribution in [0.4, 0.5) is 35.2 Å². The van der Waals surface area contributed by atoms with Crippen LogP contribution in [0.3, 0.4) is 0 Å². The number of ketones is 1. The van der Waals surface area contributed by atoms with Gasteiger partial charge in [-0.2, -0.15) is 0 Å². The highest BCUT2D eigenvalue weighted by atomic mass is 32.1. The van der Waals surface area contributed by atoms with Gasteiger partial charge in [0.25, 0.3) is 47.3 Å². The van der Waals surface area contributed by atoms with E-state index in [2.05, 4.69) is 88.1 Å². The summed E-state index contributed by atoms with van der Waals surface area (Å²) in [6, 6.07) is 26.4. The van der Waals surface area contributed by atoms with Gasteiger partial charge in [-0.25, -0.2) is 33.5 Å². The lowest BCUT2D eigenvalue weighted by atomic mass is 9.94. The molecule has 0 bridgehead atoms. The fourth-order valence-electron chi connectivity index (χ4n) is 19.5. The lowest BCUT2D eigenvalue weighted by molar-refractivity contribution is -0.126. The Bertz CT molecular complexity index is 6880. The maximum atomic E-state index is 14.8. The number of fused-ring (bicyclic) bond motifs is 9. The first kappa shape index (κ1) is 86.7. The summed E-state index contributed by atoms with van der Waals surface area (Å²) in [6.07, 6.45) is 6.92. The van der Waals surface area contributed by atoms with Gasteiger partial charge in [0.15, 0.2) is 56.3 Å². The van der Waals surface area contributed by atoms with Crippen LogP contribution >= 0.6 is 34.0 Å². The number of carbonyl (C=O) groups is 13. The van der Waals surface area contributed by atoms with E-state index < -0.39 is 81.6 Å². The number of furan rings is 4. The molecule has 6 fully saturated rings. The van der Waals surface area contributed by atoms with Gasteiger partial charge in [0, 0.05) is 119 Å². The number of halogens is 1. The van der Waals surface area contributed by atoms with Gasteiger partial charge < -0.3 is 82.9 Å². The van der Waals surface area contributed by atoms with E-state index in [1.54, 1.807) is 70.3 Å². The number of aryl methyl sites for hydroxylation is 2. The van der Waals surface area contributed by atoms with Crippen LogP contribution in [0.25, 0.3) is 44.3 Å². The molecule has 684 valence electrons. The van der Waals surface area contributed by atoms with Crippen LogP contribution in [-0.4, -0.2) is 240 Å². The van der Waals surface area contributed by atoms with Crippen LogP contribution in [0.15, 0.2) is 137 Å². The van der Waals surface area contributed by atoms with Crippen LogP contribution in [-0.2, 0) is 73.6 Å². The number of pyridine rings is 3. The Morgan fingerprint density at radius 3 is 1.35 bits per heavy atom. The molecule has 8 N–H and O–H groups in total. The molecule has 133 heavy (non-hydrogen) atoms. The number of hydrogen-bond donors (Lipinski definition) is 8. The van der Waals surface area contributed by atoms with Gasteiger partial charge in [0.1, 0.15) is 56.8 Å². The van der Waals surface area contributed by atoms with E-state index in [1.807, 2.05) is 64.7 Å². The zero-order valence-corrected chi connectivity index (χ0v) is 75.0. The molecule has 1 aliphatic carbocycles. The van der Waals surface area contributed by atoms with E-state index in [0.717, 1.165) is 92.5 Å². The molecule has 11 aliphatic rings. The Morgan fingerprint density at radius 1 is 0.466 bits per heavy atom. The Morgan fingerprint density at radius 2 is 0.910 bits per heavy atom. The lowest BCUT2D eigenvalue weighted by Crippen LogP contribution is -2.54. The SMILES string of the molecule is CCN1CCN(c2ccc3oc([C@]4(CN5CCc6ccsc6C5=O)NC(=O)NC4=O)cc3n2)CC1.CN(C)C1CCN(c2ccc3oc([C@]4(CN5CCc6ccsc6C5=O)NC(=O)NC4=O)cc3n2)CC1.COc1ccc2c(c1F)C(=O)N(C[C@@]1(c3cc4cc5c(c(C)c4o3)C(=O)CC5)NC(=O)NC1=O)C2.O=C1NC(=O)[C@](CN2CCc3ccsc3C2=O)(c2cc3ncccc3o2)N1. The molecule has 0 saturated carbocycles. The van der Waals surface area contributed by atoms with Crippen molar-refractivity contribution in [3.05, 3.63) is 207 Å². The molecule has 23 rings (SSSR count). The number of carbonyl (C=O) groups excluding carboxylic acids is 13. The molecule has 0 radical (unpaired) electrons. The second kappa shape index (κ2) is 33.8. The second-order valence-electron chi connectivity index (χ2n) is 34.7. The minimum Gasteiger partial charge on any atom is -0.494 e. The summed E-state index contributed by atoms with van der Waals surface area (Å²) < 4.78 is 43.9. The Labute approximate surface area is 768 Å². The van der Waals surface area contributed by atoms with Crippen molar-refractivity contribution in [1.29, 1.82) is 0 Å². The Balaban J connectivity index is 0.000000111. The number of imide groups is 4. The standard InChI is InChI=1S/C25H20FN3O6.C25H28N6O4S.C24H26N6O4S.C18H14N4O4S/c1-11-18-12(3-5-15(18)30)7-14-8-17(35-21(11)14)25(23(32)27-24(33)28-25)10-29-9-13-4-6-16(34-2)20(26)19(13)22(29)31;1-29(2)16-6-10-30(11-7-16)20-4-3-18-17(26-20)13-19(35-18)25(23(33)27-24(34)28-25)14-31-9-5-15-8-12-36-21(15)22(31)32;1-2-28-8-10-29(11-9-28)19-4-3-17-16(25-19)13-18(34-17)24(22(32)26-23(33)27-24)14-30-7-5-15-6-12-35-20(15)21(30)31;23-15-14-10(4-7-27-14)3-6-22(15)9-18(16(24)20-17(25)21-18)13-8-11-12(26-13)2-1-5-19-11/h4,6-8H,3,5,9-10H2,1-2H3,(H2,27,28,32,33);3-4,8,12-13,16H,5-7,9-11,14H2,1-2H3,(H2,27,28,33,34);3-4,6,12-13H,2,5,7-11,14H2,1H3,(H2,26,27,32,33);1-2,4-5,7-8H,3,6,9H2,(H2,20,21,24,25)/t2*25-;24-;18-/m0000/s1. The van der Waals surface area contributed by atoms with Gasteiger partial charge >= 0.3 is 24.1 Å². The number of piperazine rings is 1. The predicted molar refractivity (Wildman–Crippen MR) is 482 cm³/mol. The normalized spacial score (nSPS) is 22.3. The Hall–Kier alpha value is -14.3. The maximum absolute atomic E-state index is 14.8. The second-order valence-corrected chi connectivity index (χ2v) is 37.5. The Kier molecular flexibility index (Phi) is 22.1. The number of rotatable bonds is 17. The number of anilines is 2. The van der Waals surface area contributed by atoms with E-state index >= 15 is 0 Å². The van der Waals surface area contributed by atoms with Gasteiger partial charge in [-0.15, -0.1) is 34.0 Å². The summed E-state index contributed by atoms with van der Waals surface area (Å²) in [4.78, 5) is 196. The fraction of sp³-hybridized carbons (Fsp3) is 0.348. The highest BCUT2D eigenvalue weighted by molar-refractivity contribution is 7.13. The van der Waals surface area contributed by atoms with E-state index in [1.165, 1.54) is 52.1 Å². The quantitative estimate of drug-likeness (QED) is 0.0398. The smallest absolute Gasteiger partial charge is 0.322 e. The van der Waals surface area contributed by atoms with Crippen molar-refractivity contribution in [2.45, 2.75) is 93.5 Å². The van der Waals surface area contributed by atoms with Crippen molar-refractivity contribution in [3.8, 4) is 5.75 Å². The molecule has 0 spiro atoms. The minimum absolute atomic E-state index is 0.0133. The van der Waals surface area contributed by atoms with E-state index in [0.29, 0.717) is 133 Å². The number of methoxy groups -OCH3 is 1. The van der Waals surface area contributed by atoms with Crippen molar-refractivity contribution >= 4 is 167 Å². The third-order valence-electron chi connectivity index (χ3n) is 26.8. The summed E-state index contributed by atoms with van der Waals surface area (Å²) in [5.41, 5.74) is 3.12. The molecular formula is C92H88FN19O18S3. The molecule has 6 saturated heterocycles. The first-order valence-corrected chi connectivity index (χ1v) is 46.2. The monoisotopic (exact) mass is 1860 g/mol. The summed E-state index contributed by atoms with van der Waals surface area (Å²) in [5.74, 6) is -1.54. The number of urea groups is 4. The summed E-state index contributed by atoms with van der Waals surface area (Å²) >= 11 is 4.17. The van der Waals surface area contributed by atoms with E-state index in [4.69, 9.17) is 32.4 Å². The third-order valence-corrected chi connectivity index (χ3v) is 29.6. The van der Waals surface area contributed by atoms with Crippen molar-refractivity contribution in [2.24, 2.45) is 0 Å². The molecular weight excluding hydrogens is 1770 g/mol. The fourth-order valence-corrected chi connectivity index (χ4v) is 22.3. The van der Waals surface area contributed by atoms with E-state index in [9.17, 15) is 66.7 Å².